The topological polar surface area (TPSA) is 50.6 Å². The van der Waals surface area contributed by atoms with Crippen LogP contribution in [0.3, 0.4) is 0 Å². The van der Waals surface area contributed by atoms with Crippen LogP contribution in [0.4, 0.5) is 10.1 Å². The van der Waals surface area contributed by atoms with E-state index in [1.165, 1.54) is 23.4 Å². The Morgan fingerprint density at radius 1 is 1.22 bits per heavy atom. The number of halogens is 1. The molecular formula is C20H25FN4O2. The highest BCUT2D eigenvalue weighted by atomic mass is 19.1. The van der Waals surface area contributed by atoms with Gasteiger partial charge < -0.3 is 9.64 Å². The van der Waals surface area contributed by atoms with Crippen molar-refractivity contribution in [2.45, 2.75) is 31.9 Å². The molecule has 0 aliphatic carbocycles. The lowest BCUT2D eigenvalue weighted by Crippen LogP contribution is -2.58. The van der Waals surface area contributed by atoms with Gasteiger partial charge in [0, 0.05) is 43.6 Å². The van der Waals surface area contributed by atoms with E-state index in [0.29, 0.717) is 6.54 Å². The van der Waals surface area contributed by atoms with E-state index in [4.69, 9.17) is 4.74 Å². The monoisotopic (exact) mass is 372 g/mol. The molecule has 2 saturated heterocycles. The zero-order valence-corrected chi connectivity index (χ0v) is 15.8. The molecule has 0 saturated carbocycles. The minimum atomic E-state index is -0.317. The number of nitrogens with zero attached hydrogens (tertiary/aromatic N) is 4. The fourth-order valence-electron chi connectivity index (χ4n) is 3.93. The summed E-state index contributed by atoms with van der Waals surface area (Å²) in [5.41, 5.74) is 2.86. The SMILES string of the molecule is Cc1c(CN2CCC3(CC2)CN(c2ccc(F)cc2)C(=O)CO3)cnn1C. The van der Waals surface area contributed by atoms with Crippen LogP contribution < -0.4 is 4.90 Å². The quantitative estimate of drug-likeness (QED) is 0.829. The number of aryl methyl sites for hydroxylation is 1. The van der Waals surface area contributed by atoms with Gasteiger partial charge in [0.05, 0.1) is 18.3 Å². The minimum Gasteiger partial charge on any atom is -0.363 e. The van der Waals surface area contributed by atoms with Crippen LogP contribution in [0.15, 0.2) is 30.5 Å². The number of anilines is 1. The van der Waals surface area contributed by atoms with Gasteiger partial charge in [-0.25, -0.2) is 4.39 Å². The van der Waals surface area contributed by atoms with Gasteiger partial charge in [0.15, 0.2) is 0 Å². The van der Waals surface area contributed by atoms with Crippen molar-refractivity contribution in [3.05, 3.63) is 47.5 Å². The van der Waals surface area contributed by atoms with Gasteiger partial charge in [-0.2, -0.15) is 5.10 Å². The third kappa shape index (κ3) is 3.61. The number of aromatic nitrogens is 2. The summed E-state index contributed by atoms with van der Waals surface area (Å²) in [5, 5.41) is 4.32. The Bertz CT molecular complexity index is 825. The first-order valence-corrected chi connectivity index (χ1v) is 9.35. The van der Waals surface area contributed by atoms with Crippen LogP contribution in [0.25, 0.3) is 0 Å². The average molecular weight is 372 g/mol. The molecule has 6 nitrogen and oxygen atoms in total. The van der Waals surface area contributed by atoms with Gasteiger partial charge in [0.1, 0.15) is 12.4 Å². The summed E-state index contributed by atoms with van der Waals surface area (Å²) in [6, 6.07) is 6.10. The maximum atomic E-state index is 13.2. The summed E-state index contributed by atoms with van der Waals surface area (Å²) < 4.78 is 21.1. The van der Waals surface area contributed by atoms with Crippen molar-refractivity contribution in [1.29, 1.82) is 0 Å². The molecule has 2 aliphatic heterocycles. The molecule has 1 amide bonds. The Labute approximate surface area is 158 Å². The van der Waals surface area contributed by atoms with Crippen LogP contribution in [-0.4, -0.2) is 52.4 Å². The molecule has 27 heavy (non-hydrogen) atoms. The van der Waals surface area contributed by atoms with Crippen LogP contribution in [-0.2, 0) is 23.1 Å². The molecule has 3 heterocycles. The van der Waals surface area contributed by atoms with Gasteiger partial charge in [-0.15, -0.1) is 0 Å². The second-order valence-corrected chi connectivity index (χ2v) is 7.58. The molecular weight excluding hydrogens is 347 g/mol. The fraction of sp³-hybridized carbons (Fsp3) is 0.500. The highest BCUT2D eigenvalue weighted by molar-refractivity contribution is 5.95. The number of amides is 1. The van der Waals surface area contributed by atoms with Crippen LogP contribution in [0, 0.1) is 12.7 Å². The predicted molar refractivity (Wildman–Crippen MR) is 99.9 cm³/mol. The Hall–Kier alpha value is -2.25. The van der Waals surface area contributed by atoms with Crippen molar-refractivity contribution in [1.82, 2.24) is 14.7 Å². The van der Waals surface area contributed by atoms with E-state index >= 15 is 0 Å². The molecule has 0 N–H and O–H groups in total. The van der Waals surface area contributed by atoms with E-state index in [2.05, 4.69) is 16.9 Å². The molecule has 0 unspecified atom stereocenters. The zero-order valence-electron chi connectivity index (χ0n) is 15.8. The van der Waals surface area contributed by atoms with Gasteiger partial charge in [-0.1, -0.05) is 0 Å². The van der Waals surface area contributed by atoms with Crippen molar-refractivity contribution in [2.24, 2.45) is 7.05 Å². The van der Waals surface area contributed by atoms with Gasteiger partial charge >= 0.3 is 0 Å². The Kier molecular flexibility index (Phi) is 4.74. The lowest BCUT2D eigenvalue weighted by atomic mass is 9.88. The number of hydrogen-bond donors (Lipinski definition) is 0. The van der Waals surface area contributed by atoms with Crippen LogP contribution >= 0.6 is 0 Å². The molecule has 1 spiro atoms. The molecule has 2 fully saturated rings. The summed E-state index contributed by atoms with van der Waals surface area (Å²) in [6.45, 7) is 5.41. The number of piperidine rings is 1. The first kappa shape index (κ1) is 18.1. The maximum absolute atomic E-state index is 13.2. The molecule has 1 aromatic heterocycles. The van der Waals surface area contributed by atoms with E-state index in [-0.39, 0.29) is 23.9 Å². The van der Waals surface area contributed by atoms with Crippen molar-refractivity contribution < 1.29 is 13.9 Å². The second-order valence-electron chi connectivity index (χ2n) is 7.58. The van der Waals surface area contributed by atoms with Gasteiger partial charge in [-0.05, 0) is 44.0 Å². The van der Waals surface area contributed by atoms with Crippen LogP contribution in [0.2, 0.25) is 0 Å². The Balaban J connectivity index is 1.42. The first-order chi connectivity index (χ1) is 13.0. The van der Waals surface area contributed by atoms with Crippen LogP contribution in [0.1, 0.15) is 24.1 Å². The highest BCUT2D eigenvalue weighted by Gasteiger charge is 2.42. The van der Waals surface area contributed by atoms with Gasteiger partial charge in [-0.3, -0.25) is 14.4 Å². The van der Waals surface area contributed by atoms with E-state index in [9.17, 15) is 9.18 Å². The Morgan fingerprint density at radius 2 is 1.93 bits per heavy atom. The lowest BCUT2D eigenvalue weighted by molar-refractivity contribution is -0.144. The minimum absolute atomic E-state index is 0.0688. The van der Waals surface area contributed by atoms with Gasteiger partial charge in [0.2, 0.25) is 0 Å². The number of carbonyl (C=O) groups excluding carboxylic acids is 1. The summed E-state index contributed by atoms with van der Waals surface area (Å²) in [6.07, 6.45) is 3.68. The zero-order chi connectivity index (χ0) is 19.0. The van der Waals surface area contributed by atoms with Crippen molar-refractivity contribution in [2.75, 3.05) is 31.1 Å². The van der Waals surface area contributed by atoms with E-state index in [0.717, 1.165) is 38.2 Å². The van der Waals surface area contributed by atoms with Crippen molar-refractivity contribution in [3.63, 3.8) is 0 Å². The summed E-state index contributed by atoms with van der Waals surface area (Å²) in [7, 11) is 1.96. The number of ether oxygens (including phenoxy) is 1. The number of rotatable bonds is 3. The standard InChI is InChI=1S/C20H25FN4O2/c1-15-16(11-22-23(15)2)12-24-9-7-20(8-10-24)14-25(19(26)13-27-20)18-5-3-17(21)4-6-18/h3-6,11H,7-10,12-14H2,1-2H3. The third-order valence-electron chi connectivity index (χ3n) is 5.89. The summed E-state index contributed by atoms with van der Waals surface area (Å²) in [5.74, 6) is -0.367. The molecule has 4 rings (SSSR count). The number of benzene rings is 1. The van der Waals surface area contributed by atoms with E-state index in [1.54, 1.807) is 17.0 Å². The predicted octanol–water partition coefficient (Wildman–Crippen LogP) is 2.27. The molecule has 1 aromatic carbocycles. The molecule has 0 bridgehead atoms. The number of likely N-dealkylation sites (tertiary alicyclic amines) is 1. The maximum Gasteiger partial charge on any atom is 0.253 e. The average Bonchev–Trinajstić information content (AvgIpc) is 2.99. The number of hydrogen-bond acceptors (Lipinski definition) is 4. The first-order valence-electron chi connectivity index (χ1n) is 9.35. The summed E-state index contributed by atoms with van der Waals surface area (Å²) >= 11 is 0. The molecule has 2 aliphatic rings. The van der Waals surface area contributed by atoms with E-state index in [1.807, 2.05) is 17.9 Å². The third-order valence-corrected chi connectivity index (χ3v) is 5.89. The highest BCUT2D eigenvalue weighted by Crippen LogP contribution is 2.33. The van der Waals surface area contributed by atoms with Crippen molar-refractivity contribution in [3.8, 4) is 0 Å². The van der Waals surface area contributed by atoms with Crippen molar-refractivity contribution >= 4 is 11.6 Å². The molecule has 2 aromatic rings. The Morgan fingerprint density at radius 3 is 2.56 bits per heavy atom. The van der Waals surface area contributed by atoms with Crippen LogP contribution in [0.5, 0.6) is 0 Å². The smallest absolute Gasteiger partial charge is 0.253 e. The second kappa shape index (κ2) is 7.05. The number of carbonyl (C=O) groups is 1. The molecule has 144 valence electrons. The lowest BCUT2D eigenvalue weighted by Gasteiger charge is -2.47. The molecule has 0 atom stereocenters. The molecule has 7 heteroatoms. The van der Waals surface area contributed by atoms with E-state index < -0.39 is 0 Å². The fourth-order valence-corrected chi connectivity index (χ4v) is 3.93. The number of morpholine rings is 1. The largest absolute Gasteiger partial charge is 0.363 e. The van der Waals surface area contributed by atoms with Gasteiger partial charge in [0.25, 0.3) is 5.91 Å². The summed E-state index contributed by atoms with van der Waals surface area (Å²) in [4.78, 5) is 16.5. The normalized spacial score (nSPS) is 20.4. The molecule has 0 radical (unpaired) electrons.